The zero-order chi connectivity index (χ0) is 18.7. The molecule has 3 rings (SSSR count). The summed E-state index contributed by atoms with van der Waals surface area (Å²) in [5.74, 6) is 0.0243. The van der Waals surface area contributed by atoms with Gasteiger partial charge in [-0.25, -0.2) is 4.79 Å². The van der Waals surface area contributed by atoms with Crippen molar-refractivity contribution in [2.75, 3.05) is 13.1 Å². The van der Waals surface area contributed by atoms with Crippen LogP contribution in [0.4, 0.5) is 4.79 Å². The number of aromatic nitrogens is 1. The third kappa shape index (κ3) is 4.96. The molecule has 1 saturated heterocycles. The number of hydrogen-bond donors (Lipinski definition) is 0. The molecule has 2 aliphatic rings. The predicted molar refractivity (Wildman–Crippen MR) is 98.3 cm³/mol. The van der Waals surface area contributed by atoms with E-state index < -0.39 is 5.60 Å². The molecule has 0 aromatic carbocycles. The van der Waals surface area contributed by atoms with Crippen molar-refractivity contribution in [1.29, 1.82) is 0 Å². The Kier molecular flexibility index (Phi) is 5.49. The van der Waals surface area contributed by atoms with Crippen LogP contribution in [-0.2, 0) is 16.1 Å². The molecule has 142 valence electrons. The molecule has 0 spiro atoms. The molecular formula is C20H29N3O3. The molecule has 0 radical (unpaired) electrons. The average molecular weight is 359 g/mol. The lowest BCUT2D eigenvalue weighted by Crippen LogP contribution is -2.48. The van der Waals surface area contributed by atoms with Crippen LogP contribution < -0.4 is 0 Å². The van der Waals surface area contributed by atoms with Crippen LogP contribution in [-0.4, -0.2) is 51.5 Å². The number of pyridine rings is 1. The van der Waals surface area contributed by atoms with E-state index in [4.69, 9.17) is 4.74 Å². The standard InChI is InChI=1S/C20H29N3O3/c1-20(2,3)26-19(25)22-12-4-5-16(14-22)18(24)23(17-6-7-17)13-15-8-10-21-11-9-15/h8-11,16-17H,4-7,12-14H2,1-3H3/t16-/m0/s1. The Morgan fingerprint density at radius 2 is 1.92 bits per heavy atom. The summed E-state index contributed by atoms with van der Waals surface area (Å²) in [7, 11) is 0. The van der Waals surface area contributed by atoms with E-state index >= 15 is 0 Å². The molecule has 1 aromatic heterocycles. The fraction of sp³-hybridized carbons (Fsp3) is 0.650. The highest BCUT2D eigenvalue weighted by atomic mass is 16.6. The Morgan fingerprint density at radius 3 is 2.54 bits per heavy atom. The summed E-state index contributed by atoms with van der Waals surface area (Å²) in [5.41, 5.74) is 0.579. The maximum atomic E-state index is 13.2. The van der Waals surface area contributed by atoms with E-state index in [1.54, 1.807) is 17.3 Å². The number of amides is 2. The maximum absolute atomic E-state index is 13.2. The molecule has 26 heavy (non-hydrogen) atoms. The normalized spacial score (nSPS) is 20.6. The van der Waals surface area contributed by atoms with Gasteiger partial charge in [-0.2, -0.15) is 0 Å². The number of likely N-dealkylation sites (tertiary alicyclic amines) is 1. The molecule has 0 N–H and O–H groups in total. The van der Waals surface area contributed by atoms with E-state index in [0.29, 0.717) is 25.7 Å². The Bertz CT molecular complexity index is 637. The lowest BCUT2D eigenvalue weighted by Gasteiger charge is -2.36. The molecule has 6 heteroatoms. The summed E-state index contributed by atoms with van der Waals surface area (Å²) >= 11 is 0. The molecule has 1 atom stereocenters. The highest BCUT2D eigenvalue weighted by molar-refractivity contribution is 5.80. The lowest BCUT2D eigenvalue weighted by atomic mass is 9.96. The number of carbonyl (C=O) groups excluding carboxylic acids is 2. The van der Waals surface area contributed by atoms with Crippen LogP contribution in [0.5, 0.6) is 0 Å². The van der Waals surface area contributed by atoms with Crippen molar-refractivity contribution in [1.82, 2.24) is 14.8 Å². The fourth-order valence-electron chi connectivity index (χ4n) is 3.36. The fourth-order valence-corrected chi connectivity index (χ4v) is 3.36. The van der Waals surface area contributed by atoms with Gasteiger partial charge in [0.1, 0.15) is 5.60 Å². The molecule has 1 aromatic rings. The van der Waals surface area contributed by atoms with Crippen LogP contribution in [0, 0.1) is 5.92 Å². The second-order valence-electron chi connectivity index (χ2n) is 8.32. The summed E-state index contributed by atoms with van der Waals surface area (Å²) in [4.78, 5) is 33.3. The quantitative estimate of drug-likeness (QED) is 0.828. The molecule has 2 amide bonds. The average Bonchev–Trinajstić information content (AvgIpc) is 3.43. The van der Waals surface area contributed by atoms with Gasteiger partial charge in [-0.05, 0) is 64.2 Å². The lowest BCUT2D eigenvalue weighted by molar-refractivity contribution is -0.138. The predicted octanol–water partition coefficient (Wildman–Crippen LogP) is 3.22. The monoisotopic (exact) mass is 359 g/mol. The molecule has 1 saturated carbocycles. The molecule has 0 unspecified atom stereocenters. The minimum Gasteiger partial charge on any atom is -0.444 e. The second kappa shape index (κ2) is 7.64. The molecule has 2 fully saturated rings. The summed E-state index contributed by atoms with van der Waals surface area (Å²) in [6, 6.07) is 4.25. The first-order valence-electron chi connectivity index (χ1n) is 9.51. The first-order valence-corrected chi connectivity index (χ1v) is 9.51. The van der Waals surface area contributed by atoms with Crippen molar-refractivity contribution < 1.29 is 14.3 Å². The number of carbonyl (C=O) groups is 2. The Morgan fingerprint density at radius 1 is 1.23 bits per heavy atom. The first-order chi connectivity index (χ1) is 12.3. The van der Waals surface area contributed by atoms with Gasteiger partial charge in [0.15, 0.2) is 0 Å². The molecule has 0 bridgehead atoms. The first kappa shape index (κ1) is 18.7. The van der Waals surface area contributed by atoms with Crippen molar-refractivity contribution >= 4 is 12.0 Å². The van der Waals surface area contributed by atoms with Gasteiger partial charge in [0.05, 0.1) is 5.92 Å². The Labute approximate surface area is 155 Å². The van der Waals surface area contributed by atoms with Gasteiger partial charge in [0.25, 0.3) is 0 Å². The minimum absolute atomic E-state index is 0.140. The van der Waals surface area contributed by atoms with Crippen LogP contribution in [0.25, 0.3) is 0 Å². The summed E-state index contributed by atoms with van der Waals surface area (Å²) in [6.07, 6.45) is 7.01. The summed E-state index contributed by atoms with van der Waals surface area (Å²) < 4.78 is 5.48. The van der Waals surface area contributed by atoms with Crippen molar-refractivity contribution in [3.05, 3.63) is 30.1 Å². The number of ether oxygens (including phenoxy) is 1. The van der Waals surface area contributed by atoms with E-state index in [0.717, 1.165) is 31.2 Å². The van der Waals surface area contributed by atoms with Gasteiger partial charge < -0.3 is 14.5 Å². The van der Waals surface area contributed by atoms with Gasteiger partial charge in [-0.3, -0.25) is 9.78 Å². The zero-order valence-corrected chi connectivity index (χ0v) is 16.0. The van der Waals surface area contributed by atoms with Gasteiger partial charge >= 0.3 is 6.09 Å². The SMILES string of the molecule is CC(C)(C)OC(=O)N1CCC[C@H](C(=O)N(Cc2ccncc2)C2CC2)C1. The Hall–Kier alpha value is -2.11. The van der Waals surface area contributed by atoms with E-state index in [1.165, 1.54) is 0 Å². The van der Waals surface area contributed by atoms with Crippen molar-refractivity contribution in [3.8, 4) is 0 Å². The van der Waals surface area contributed by atoms with Crippen LogP contribution >= 0.6 is 0 Å². The number of nitrogens with zero attached hydrogens (tertiary/aromatic N) is 3. The van der Waals surface area contributed by atoms with E-state index in [9.17, 15) is 9.59 Å². The largest absolute Gasteiger partial charge is 0.444 e. The van der Waals surface area contributed by atoms with Crippen LogP contribution in [0.3, 0.4) is 0 Å². The smallest absolute Gasteiger partial charge is 0.410 e. The maximum Gasteiger partial charge on any atom is 0.410 e. The topological polar surface area (TPSA) is 62.7 Å². The van der Waals surface area contributed by atoms with Crippen molar-refractivity contribution in [2.24, 2.45) is 5.92 Å². The summed E-state index contributed by atoms with van der Waals surface area (Å²) in [6.45, 7) is 7.32. The third-order valence-corrected chi connectivity index (χ3v) is 4.80. The van der Waals surface area contributed by atoms with Gasteiger partial charge in [-0.15, -0.1) is 0 Å². The third-order valence-electron chi connectivity index (χ3n) is 4.80. The van der Waals surface area contributed by atoms with Gasteiger partial charge in [0.2, 0.25) is 5.91 Å². The zero-order valence-electron chi connectivity index (χ0n) is 16.0. The number of hydrogen-bond acceptors (Lipinski definition) is 4. The molecule has 1 aliphatic carbocycles. The number of piperidine rings is 1. The molecule has 2 heterocycles. The van der Waals surface area contributed by atoms with E-state index in [2.05, 4.69) is 4.98 Å². The number of rotatable bonds is 4. The van der Waals surface area contributed by atoms with Crippen LogP contribution in [0.2, 0.25) is 0 Å². The molecule has 6 nitrogen and oxygen atoms in total. The van der Waals surface area contributed by atoms with Crippen LogP contribution in [0.1, 0.15) is 52.0 Å². The highest BCUT2D eigenvalue weighted by Crippen LogP contribution is 2.31. The second-order valence-corrected chi connectivity index (χ2v) is 8.32. The van der Waals surface area contributed by atoms with E-state index in [1.807, 2.05) is 37.8 Å². The van der Waals surface area contributed by atoms with Crippen molar-refractivity contribution in [2.45, 2.75) is 64.6 Å². The van der Waals surface area contributed by atoms with Gasteiger partial charge in [0, 0.05) is 38.1 Å². The van der Waals surface area contributed by atoms with Crippen LogP contribution in [0.15, 0.2) is 24.5 Å². The summed E-state index contributed by atoms with van der Waals surface area (Å²) in [5, 5.41) is 0. The highest BCUT2D eigenvalue weighted by Gasteiger charge is 2.38. The van der Waals surface area contributed by atoms with Gasteiger partial charge in [-0.1, -0.05) is 0 Å². The van der Waals surface area contributed by atoms with E-state index in [-0.39, 0.29) is 17.9 Å². The molecular weight excluding hydrogens is 330 g/mol. The van der Waals surface area contributed by atoms with Crippen molar-refractivity contribution in [3.63, 3.8) is 0 Å². The minimum atomic E-state index is -0.518. The molecule has 1 aliphatic heterocycles. The Balaban J connectivity index is 1.64.